The van der Waals surface area contributed by atoms with E-state index in [1.165, 1.54) is 0 Å². The van der Waals surface area contributed by atoms with Crippen LogP contribution < -0.4 is 5.32 Å². The molecule has 112 valence electrons. The minimum Gasteiger partial charge on any atom is -0.393 e. The van der Waals surface area contributed by atoms with E-state index in [1.54, 1.807) is 0 Å². The Hall–Kier alpha value is -1.36. The summed E-state index contributed by atoms with van der Waals surface area (Å²) < 4.78 is 5.12. The van der Waals surface area contributed by atoms with Gasteiger partial charge in [-0.1, -0.05) is 18.5 Å². The van der Waals surface area contributed by atoms with E-state index in [4.69, 9.17) is 4.52 Å². The molecule has 0 radical (unpaired) electrons. The number of hydrogen-bond acceptors (Lipinski definition) is 4. The van der Waals surface area contributed by atoms with Gasteiger partial charge in [-0.15, -0.1) is 0 Å². The fourth-order valence-corrected chi connectivity index (χ4v) is 2.85. The number of hydrogen-bond donors (Lipinski definition) is 2. The van der Waals surface area contributed by atoms with Gasteiger partial charge in [-0.3, -0.25) is 4.79 Å². The van der Waals surface area contributed by atoms with E-state index in [1.807, 2.05) is 20.8 Å². The molecule has 1 amide bonds. The second-order valence-corrected chi connectivity index (χ2v) is 5.91. The van der Waals surface area contributed by atoms with Crippen molar-refractivity contribution in [3.8, 4) is 0 Å². The van der Waals surface area contributed by atoms with Gasteiger partial charge in [0.15, 0.2) is 0 Å². The number of rotatable bonds is 5. The number of carbonyl (C=O) groups excluding carboxylic acids is 1. The highest BCUT2D eigenvalue weighted by atomic mass is 16.5. The smallest absolute Gasteiger partial charge is 0.223 e. The Bertz CT molecular complexity index is 450. The maximum absolute atomic E-state index is 12.1. The Balaban J connectivity index is 1.83. The summed E-state index contributed by atoms with van der Waals surface area (Å²) in [5.74, 6) is 0.910. The third-order valence-corrected chi connectivity index (χ3v) is 4.30. The minimum atomic E-state index is -0.256. The van der Waals surface area contributed by atoms with Crippen LogP contribution in [-0.2, 0) is 11.2 Å². The number of aliphatic hydroxyl groups excluding tert-OH is 1. The molecule has 20 heavy (non-hydrogen) atoms. The van der Waals surface area contributed by atoms with E-state index < -0.39 is 0 Å². The molecule has 1 aliphatic carbocycles. The molecule has 2 N–H and O–H groups in total. The molecule has 0 aliphatic heterocycles. The van der Waals surface area contributed by atoms with Crippen LogP contribution in [0.2, 0.25) is 0 Å². The zero-order valence-electron chi connectivity index (χ0n) is 12.5. The van der Waals surface area contributed by atoms with Gasteiger partial charge in [0.2, 0.25) is 5.91 Å². The van der Waals surface area contributed by atoms with Crippen LogP contribution in [0.4, 0.5) is 0 Å². The molecule has 5 heteroatoms. The van der Waals surface area contributed by atoms with Crippen molar-refractivity contribution >= 4 is 5.91 Å². The van der Waals surface area contributed by atoms with Gasteiger partial charge >= 0.3 is 0 Å². The second-order valence-electron chi connectivity index (χ2n) is 5.91. The van der Waals surface area contributed by atoms with Crippen molar-refractivity contribution in [2.24, 2.45) is 11.8 Å². The summed E-state index contributed by atoms with van der Waals surface area (Å²) in [5.41, 5.74) is 1.88. The highest BCUT2D eigenvalue weighted by Gasteiger charge is 2.26. The van der Waals surface area contributed by atoms with E-state index in [9.17, 15) is 9.90 Å². The predicted octanol–water partition coefficient (Wildman–Crippen LogP) is 1.75. The largest absolute Gasteiger partial charge is 0.393 e. The van der Waals surface area contributed by atoms with Gasteiger partial charge in [-0.05, 0) is 33.1 Å². The molecule has 5 nitrogen and oxygen atoms in total. The molecule has 3 unspecified atom stereocenters. The Morgan fingerprint density at radius 2 is 2.25 bits per heavy atom. The summed E-state index contributed by atoms with van der Waals surface area (Å²) in [5, 5.41) is 16.6. The average molecular weight is 280 g/mol. The monoisotopic (exact) mass is 280 g/mol. The molecular formula is C15H24N2O3. The summed E-state index contributed by atoms with van der Waals surface area (Å²) in [7, 11) is 0. The molecule has 2 rings (SSSR count). The van der Waals surface area contributed by atoms with Gasteiger partial charge < -0.3 is 14.9 Å². The van der Waals surface area contributed by atoms with E-state index in [0.717, 1.165) is 36.3 Å². The van der Waals surface area contributed by atoms with Crippen LogP contribution in [0.5, 0.6) is 0 Å². The molecule has 1 aromatic rings. The van der Waals surface area contributed by atoms with Crippen molar-refractivity contribution in [3.05, 3.63) is 17.0 Å². The van der Waals surface area contributed by atoms with Crippen LogP contribution in [0.15, 0.2) is 4.52 Å². The van der Waals surface area contributed by atoms with Crippen molar-refractivity contribution in [1.29, 1.82) is 0 Å². The fourth-order valence-electron chi connectivity index (χ4n) is 2.85. The van der Waals surface area contributed by atoms with Crippen LogP contribution in [0, 0.1) is 25.7 Å². The van der Waals surface area contributed by atoms with Crippen molar-refractivity contribution in [3.63, 3.8) is 0 Å². The third-order valence-electron chi connectivity index (χ3n) is 4.30. The Morgan fingerprint density at radius 1 is 1.50 bits per heavy atom. The molecule has 1 heterocycles. The number of carbonyl (C=O) groups is 1. The minimum absolute atomic E-state index is 0.0316. The van der Waals surface area contributed by atoms with E-state index in [-0.39, 0.29) is 23.8 Å². The van der Waals surface area contributed by atoms with Crippen molar-refractivity contribution in [2.75, 3.05) is 6.54 Å². The lowest BCUT2D eigenvalue weighted by molar-refractivity contribution is -0.124. The lowest BCUT2D eigenvalue weighted by Gasteiger charge is -2.17. The normalized spacial score (nSPS) is 23.8. The molecule has 0 spiro atoms. The summed E-state index contributed by atoms with van der Waals surface area (Å²) in [6.45, 7) is 6.25. The van der Waals surface area contributed by atoms with Gasteiger partial charge in [-0.2, -0.15) is 0 Å². The molecule has 1 saturated carbocycles. The summed E-state index contributed by atoms with van der Waals surface area (Å²) in [6.07, 6.45) is 3.29. The number of amides is 1. The Labute approximate surface area is 119 Å². The SMILES string of the molecule is Cc1noc(C)c1CC(C)C(=O)NCC1CCCC1O. The number of aliphatic hydroxyl groups is 1. The van der Waals surface area contributed by atoms with Crippen LogP contribution in [0.3, 0.4) is 0 Å². The molecule has 3 atom stereocenters. The van der Waals surface area contributed by atoms with E-state index >= 15 is 0 Å². The lowest BCUT2D eigenvalue weighted by Crippen LogP contribution is -2.36. The molecule has 1 aromatic heterocycles. The molecule has 0 aromatic carbocycles. The number of nitrogens with zero attached hydrogens (tertiary/aromatic N) is 1. The summed E-state index contributed by atoms with van der Waals surface area (Å²) in [4.78, 5) is 12.1. The van der Waals surface area contributed by atoms with Gasteiger partial charge in [0.1, 0.15) is 5.76 Å². The van der Waals surface area contributed by atoms with Crippen LogP contribution in [-0.4, -0.2) is 28.8 Å². The van der Waals surface area contributed by atoms with Crippen molar-refractivity contribution in [1.82, 2.24) is 10.5 Å². The molecule has 0 saturated heterocycles. The Kier molecular flexibility index (Phi) is 4.81. The van der Waals surface area contributed by atoms with Crippen LogP contribution in [0.25, 0.3) is 0 Å². The second kappa shape index (κ2) is 6.39. The molecule has 1 fully saturated rings. The van der Waals surface area contributed by atoms with E-state index in [2.05, 4.69) is 10.5 Å². The first-order valence-electron chi connectivity index (χ1n) is 7.36. The predicted molar refractivity (Wildman–Crippen MR) is 75.2 cm³/mol. The van der Waals surface area contributed by atoms with Gasteiger partial charge in [0.25, 0.3) is 0 Å². The zero-order chi connectivity index (χ0) is 14.7. The molecule has 1 aliphatic rings. The van der Waals surface area contributed by atoms with Crippen LogP contribution in [0.1, 0.15) is 43.2 Å². The third kappa shape index (κ3) is 3.39. The lowest BCUT2D eigenvalue weighted by atomic mass is 9.98. The van der Waals surface area contributed by atoms with Crippen molar-refractivity contribution < 1.29 is 14.4 Å². The van der Waals surface area contributed by atoms with E-state index in [0.29, 0.717) is 13.0 Å². The average Bonchev–Trinajstić information content (AvgIpc) is 2.96. The fraction of sp³-hybridized carbons (Fsp3) is 0.733. The first kappa shape index (κ1) is 15.0. The Morgan fingerprint density at radius 3 is 2.80 bits per heavy atom. The maximum atomic E-state index is 12.1. The van der Waals surface area contributed by atoms with Crippen molar-refractivity contribution in [2.45, 2.75) is 52.6 Å². The van der Waals surface area contributed by atoms with Gasteiger partial charge in [-0.25, -0.2) is 0 Å². The quantitative estimate of drug-likeness (QED) is 0.861. The summed E-state index contributed by atoms with van der Waals surface area (Å²) >= 11 is 0. The first-order chi connectivity index (χ1) is 9.49. The number of nitrogens with one attached hydrogen (secondary N) is 1. The first-order valence-corrected chi connectivity index (χ1v) is 7.36. The van der Waals surface area contributed by atoms with Crippen LogP contribution >= 0.6 is 0 Å². The zero-order valence-corrected chi connectivity index (χ0v) is 12.5. The number of aryl methyl sites for hydroxylation is 2. The topological polar surface area (TPSA) is 75.4 Å². The highest BCUT2D eigenvalue weighted by molar-refractivity contribution is 5.78. The van der Waals surface area contributed by atoms with Gasteiger partial charge in [0.05, 0.1) is 11.8 Å². The van der Waals surface area contributed by atoms with Gasteiger partial charge in [0, 0.05) is 23.9 Å². The molecular weight excluding hydrogens is 256 g/mol. The maximum Gasteiger partial charge on any atom is 0.223 e. The summed E-state index contributed by atoms with van der Waals surface area (Å²) in [6, 6.07) is 0. The standard InChI is InChI=1S/C15H24N2O3/c1-9(7-13-10(2)17-20-11(13)3)15(19)16-8-12-5-4-6-14(12)18/h9,12,14,18H,4-8H2,1-3H3,(H,16,19). The number of aromatic nitrogens is 1. The highest BCUT2D eigenvalue weighted by Crippen LogP contribution is 2.25. The molecule has 0 bridgehead atoms.